The Balaban J connectivity index is 1.14. The first-order valence-corrected chi connectivity index (χ1v) is 18.0. The number of aromatic carboxylic acids is 1. The van der Waals surface area contributed by atoms with Gasteiger partial charge in [-0.1, -0.05) is 29.0 Å². The molecule has 3 aromatic carbocycles. The molecule has 1 aromatic heterocycles. The Morgan fingerprint density at radius 3 is 2.38 bits per heavy atom. The van der Waals surface area contributed by atoms with Crippen molar-refractivity contribution >= 4 is 61.5 Å². The topological polar surface area (TPSA) is 158 Å². The smallest absolute Gasteiger partial charge is 0.336 e. The molecular formula is C37H29F2N5O6S2. The van der Waals surface area contributed by atoms with Gasteiger partial charge in [-0.15, -0.1) is 5.11 Å². The lowest BCUT2D eigenvalue weighted by molar-refractivity contribution is -0.120. The lowest BCUT2D eigenvalue weighted by Crippen LogP contribution is -2.23. The summed E-state index contributed by atoms with van der Waals surface area (Å²) in [5.41, 5.74) is 1.13. The van der Waals surface area contributed by atoms with Crippen molar-refractivity contribution in [1.29, 1.82) is 0 Å². The third kappa shape index (κ3) is 7.90. The van der Waals surface area contributed by atoms with Crippen molar-refractivity contribution in [1.82, 2.24) is 10.3 Å². The molecule has 0 unspecified atom stereocenters. The van der Waals surface area contributed by atoms with Gasteiger partial charge < -0.3 is 24.8 Å². The summed E-state index contributed by atoms with van der Waals surface area (Å²) in [5, 5.41) is 32.4. The fourth-order valence-corrected chi connectivity index (χ4v) is 7.16. The number of azo groups is 1. The zero-order valence-corrected chi connectivity index (χ0v) is 29.2. The minimum absolute atomic E-state index is 0.00408. The largest absolute Gasteiger partial charge is 0.504 e. The van der Waals surface area contributed by atoms with Crippen molar-refractivity contribution in [3.8, 4) is 28.2 Å². The molecule has 0 fully saturated rings. The molecule has 11 nitrogen and oxygen atoms in total. The van der Waals surface area contributed by atoms with Crippen LogP contribution in [0.4, 0.5) is 25.8 Å². The number of carboxylic acid groups (broad SMARTS) is 1. The van der Waals surface area contributed by atoms with Crippen LogP contribution < -0.4 is 15.6 Å². The fraction of sp³-hybridized carbons (Fsp3) is 0.135. The van der Waals surface area contributed by atoms with E-state index < -0.39 is 34.7 Å². The Labute approximate surface area is 303 Å². The molecule has 6 rings (SSSR count). The summed E-state index contributed by atoms with van der Waals surface area (Å²) < 4.78 is 35.7. The van der Waals surface area contributed by atoms with Gasteiger partial charge in [0.25, 0.3) is 0 Å². The minimum atomic E-state index is -1.29. The number of rotatable bonds is 12. The van der Waals surface area contributed by atoms with Crippen molar-refractivity contribution in [2.75, 3.05) is 24.7 Å². The van der Waals surface area contributed by atoms with Gasteiger partial charge in [0, 0.05) is 54.5 Å². The SMILES string of the molecule is CN(C)c1ccc(N=Nc2ccc(SSCCC(=O)NCc3c(O)c(F)cc4c(-c5ccccc5C(=O)O)c5cc(F)c(=O)cc-5oc34)nc2)cc1. The number of aromatic nitrogens is 1. The third-order valence-corrected chi connectivity index (χ3v) is 10.2. The number of hydrogen-bond acceptors (Lipinski definition) is 11. The number of fused-ring (bicyclic) bond motifs is 2. The quantitative estimate of drug-likeness (QED) is 0.0480. The first-order chi connectivity index (χ1) is 25.0. The van der Waals surface area contributed by atoms with Gasteiger partial charge in [0.1, 0.15) is 22.1 Å². The number of phenols is 1. The van der Waals surface area contributed by atoms with Gasteiger partial charge in [-0.25, -0.2) is 18.6 Å². The monoisotopic (exact) mass is 741 g/mol. The van der Waals surface area contributed by atoms with Crippen LogP contribution in [0.3, 0.4) is 0 Å². The number of carbonyl (C=O) groups excluding carboxylic acids is 1. The van der Waals surface area contributed by atoms with E-state index in [0.29, 0.717) is 22.2 Å². The van der Waals surface area contributed by atoms with Gasteiger partial charge in [-0.2, -0.15) is 5.11 Å². The van der Waals surface area contributed by atoms with E-state index in [0.717, 1.165) is 23.9 Å². The Morgan fingerprint density at radius 2 is 1.67 bits per heavy atom. The lowest BCUT2D eigenvalue weighted by atomic mass is 9.89. The van der Waals surface area contributed by atoms with E-state index in [1.54, 1.807) is 24.4 Å². The van der Waals surface area contributed by atoms with Gasteiger partial charge in [-0.05, 0) is 71.0 Å². The zero-order chi connectivity index (χ0) is 36.9. The van der Waals surface area contributed by atoms with Gasteiger partial charge in [0.15, 0.2) is 17.4 Å². The number of phenolic OH excluding ortho intramolecular Hbond substituents is 1. The van der Waals surface area contributed by atoms with Gasteiger partial charge in [0.2, 0.25) is 11.3 Å². The van der Waals surface area contributed by atoms with E-state index in [1.165, 1.54) is 39.8 Å². The summed E-state index contributed by atoms with van der Waals surface area (Å²) in [4.78, 5) is 43.5. The Bertz CT molecular complexity index is 2350. The average molecular weight is 742 g/mol. The van der Waals surface area contributed by atoms with Crippen molar-refractivity contribution in [2.24, 2.45) is 10.2 Å². The number of anilines is 1. The highest BCUT2D eigenvalue weighted by Crippen LogP contribution is 2.44. The molecule has 2 heterocycles. The maximum atomic E-state index is 15.3. The molecule has 2 aliphatic rings. The van der Waals surface area contributed by atoms with Crippen molar-refractivity contribution in [3.63, 3.8) is 0 Å². The number of carbonyl (C=O) groups is 2. The van der Waals surface area contributed by atoms with E-state index in [2.05, 4.69) is 20.5 Å². The van der Waals surface area contributed by atoms with Crippen LogP contribution in [-0.2, 0) is 11.3 Å². The van der Waals surface area contributed by atoms with E-state index >= 15 is 4.39 Å². The van der Waals surface area contributed by atoms with Crippen LogP contribution in [0.2, 0.25) is 0 Å². The van der Waals surface area contributed by atoms with Crippen LogP contribution in [0.5, 0.6) is 5.75 Å². The molecule has 4 aromatic rings. The van der Waals surface area contributed by atoms with Crippen LogP contribution in [0.1, 0.15) is 22.3 Å². The number of pyridine rings is 1. The summed E-state index contributed by atoms with van der Waals surface area (Å²) in [7, 11) is 6.67. The molecule has 0 atom stereocenters. The number of nitrogens with one attached hydrogen (secondary N) is 1. The predicted octanol–water partition coefficient (Wildman–Crippen LogP) is 8.57. The van der Waals surface area contributed by atoms with Gasteiger partial charge in [0.05, 0.1) is 29.6 Å². The van der Waals surface area contributed by atoms with Crippen molar-refractivity contribution in [3.05, 3.63) is 118 Å². The number of nitrogens with zero attached hydrogens (tertiary/aromatic N) is 4. The van der Waals surface area contributed by atoms with Crippen LogP contribution in [-0.4, -0.2) is 46.9 Å². The molecule has 264 valence electrons. The Hall–Kier alpha value is -5.80. The molecule has 1 aliphatic heterocycles. The van der Waals surface area contributed by atoms with E-state index in [4.69, 9.17) is 4.42 Å². The second kappa shape index (κ2) is 15.6. The maximum absolute atomic E-state index is 15.3. The van der Waals surface area contributed by atoms with Crippen LogP contribution in [0, 0.1) is 11.6 Å². The highest BCUT2D eigenvalue weighted by atomic mass is 33.1. The first-order valence-electron chi connectivity index (χ1n) is 15.6. The maximum Gasteiger partial charge on any atom is 0.336 e. The summed E-state index contributed by atoms with van der Waals surface area (Å²) in [5.74, 6) is -4.43. The number of carboxylic acids is 1. The third-order valence-electron chi connectivity index (χ3n) is 7.90. The molecule has 0 saturated heterocycles. The first kappa shape index (κ1) is 36.0. The standard InChI is InChI=1S/C37H29F2N5O6S2/c1-44(2)22-10-7-20(8-11-22)42-43-21-9-12-33(41-18-21)52-51-14-13-32(46)40-19-27-35(47)29(39)16-26-34(23-5-3-4-6-24(23)37(48)49)25-15-28(38)30(45)17-31(25)50-36(26)27/h3-12,15-18,47H,13-14,19H2,1-2H3,(H,40,46)(H,48,49). The zero-order valence-electron chi connectivity index (χ0n) is 27.6. The fourth-order valence-electron chi connectivity index (χ4n) is 5.31. The summed E-state index contributed by atoms with van der Waals surface area (Å²) in [6, 6.07) is 19.8. The summed E-state index contributed by atoms with van der Waals surface area (Å²) in [6.07, 6.45) is 1.66. The average Bonchev–Trinajstić information content (AvgIpc) is 3.13. The molecular weight excluding hydrogens is 713 g/mol. The molecule has 0 bridgehead atoms. The van der Waals surface area contributed by atoms with Gasteiger partial charge in [-0.3, -0.25) is 9.59 Å². The van der Waals surface area contributed by atoms with Crippen LogP contribution in [0.15, 0.2) is 110 Å². The number of hydrogen-bond donors (Lipinski definition) is 3. The number of benzene rings is 4. The molecule has 0 saturated carbocycles. The van der Waals surface area contributed by atoms with Crippen LogP contribution in [0.25, 0.3) is 33.4 Å². The molecule has 0 spiro atoms. The molecule has 1 amide bonds. The van der Waals surface area contributed by atoms with Crippen LogP contribution >= 0.6 is 21.6 Å². The predicted molar refractivity (Wildman–Crippen MR) is 197 cm³/mol. The lowest BCUT2D eigenvalue weighted by Gasteiger charge is -2.19. The Morgan fingerprint density at radius 1 is 0.942 bits per heavy atom. The number of aromatic hydroxyl groups is 1. The molecule has 15 heteroatoms. The summed E-state index contributed by atoms with van der Waals surface area (Å²) >= 11 is 0. The van der Waals surface area contributed by atoms with E-state index in [9.17, 15) is 29.0 Å². The second-order valence-electron chi connectivity index (χ2n) is 11.6. The van der Waals surface area contributed by atoms with Crippen molar-refractivity contribution in [2.45, 2.75) is 18.0 Å². The molecule has 3 N–H and O–H groups in total. The van der Waals surface area contributed by atoms with E-state index in [1.807, 2.05) is 43.3 Å². The highest BCUT2D eigenvalue weighted by Gasteiger charge is 2.26. The minimum Gasteiger partial charge on any atom is -0.504 e. The number of amides is 1. The Kier molecular flexibility index (Phi) is 10.8. The summed E-state index contributed by atoms with van der Waals surface area (Å²) in [6.45, 7) is -0.367. The molecule has 0 radical (unpaired) electrons. The molecule has 52 heavy (non-hydrogen) atoms. The normalized spacial score (nSPS) is 11.4. The van der Waals surface area contributed by atoms with E-state index in [-0.39, 0.29) is 57.5 Å². The molecule has 1 aliphatic carbocycles. The highest BCUT2D eigenvalue weighted by molar-refractivity contribution is 8.76. The van der Waals surface area contributed by atoms with Crippen molar-refractivity contribution < 1.29 is 33.0 Å². The number of halogens is 2. The van der Waals surface area contributed by atoms with Gasteiger partial charge >= 0.3 is 5.97 Å². The second-order valence-corrected chi connectivity index (χ2v) is 14.0.